The highest BCUT2D eigenvalue weighted by Gasteiger charge is 2.39. The highest BCUT2D eigenvalue weighted by atomic mass is 35.5. The molecular weight excluding hydrogens is 292 g/mol. The van der Waals surface area contributed by atoms with Crippen molar-refractivity contribution in [1.82, 2.24) is 5.32 Å². The Morgan fingerprint density at radius 1 is 1.38 bits per heavy atom. The molecule has 5 nitrogen and oxygen atoms in total. The van der Waals surface area contributed by atoms with E-state index in [-0.39, 0.29) is 5.91 Å². The average Bonchev–Trinajstić information content (AvgIpc) is 2.98. The Bertz CT molecular complexity index is 556. The lowest BCUT2D eigenvalue weighted by atomic mass is 9.93. The van der Waals surface area contributed by atoms with Crippen molar-refractivity contribution in [2.75, 3.05) is 25.1 Å². The predicted molar refractivity (Wildman–Crippen MR) is 81.3 cm³/mol. The number of amides is 1. The van der Waals surface area contributed by atoms with Gasteiger partial charge in [-0.1, -0.05) is 18.5 Å². The van der Waals surface area contributed by atoms with Gasteiger partial charge in [0.1, 0.15) is 13.2 Å². The topological polar surface area (TPSA) is 59.6 Å². The normalized spacial score (nSPS) is 23.9. The molecule has 2 N–H and O–H groups in total. The second kappa shape index (κ2) is 5.73. The molecule has 1 amide bonds. The summed E-state index contributed by atoms with van der Waals surface area (Å²) >= 11 is 6.23. The number of hydrogen-bond acceptors (Lipinski definition) is 4. The number of halogens is 1. The Kier molecular flexibility index (Phi) is 3.95. The first kappa shape index (κ1) is 14.5. The van der Waals surface area contributed by atoms with Crippen molar-refractivity contribution in [2.24, 2.45) is 0 Å². The van der Waals surface area contributed by atoms with Crippen molar-refractivity contribution in [3.8, 4) is 11.5 Å². The van der Waals surface area contributed by atoms with E-state index in [0.717, 1.165) is 25.8 Å². The number of carbonyl (C=O) groups excluding carboxylic acids is 1. The van der Waals surface area contributed by atoms with Gasteiger partial charge in [0.15, 0.2) is 11.5 Å². The zero-order chi connectivity index (χ0) is 14.9. The number of rotatable bonds is 3. The average molecular weight is 311 g/mol. The molecule has 0 spiro atoms. The fourth-order valence-corrected chi connectivity index (χ4v) is 3.06. The number of carbonyl (C=O) groups is 1. The number of ether oxygens (including phenoxy) is 2. The van der Waals surface area contributed by atoms with Gasteiger partial charge in [0, 0.05) is 12.1 Å². The van der Waals surface area contributed by atoms with Crippen LogP contribution < -0.4 is 20.1 Å². The van der Waals surface area contributed by atoms with E-state index in [4.69, 9.17) is 21.1 Å². The summed E-state index contributed by atoms with van der Waals surface area (Å²) in [6, 6.07) is 3.42. The van der Waals surface area contributed by atoms with E-state index < -0.39 is 5.54 Å². The van der Waals surface area contributed by atoms with Crippen LogP contribution in [0.2, 0.25) is 5.02 Å². The summed E-state index contributed by atoms with van der Waals surface area (Å²) in [7, 11) is 0. The molecule has 1 saturated heterocycles. The van der Waals surface area contributed by atoms with Crippen molar-refractivity contribution < 1.29 is 14.3 Å². The minimum Gasteiger partial charge on any atom is -0.486 e. The molecule has 0 bridgehead atoms. The fourth-order valence-electron chi connectivity index (χ4n) is 2.86. The van der Waals surface area contributed by atoms with Crippen LogP contribution in [0.4, 0.5) is 5.69 Å². The van der Waals surface area contributed by atoms with Gasteiger partial charge in [-0.2, -0.15) is 0 Å². The zero-order valence-electron chi connectivity index (χ0n) is 12.0. The van der Waals surface area contributed by atoms with E-state index in [1.807, 2.05) is 6.92 Å². The maximum absolute atomic E-state index is 12.6. The first-order valence-corrected chi connectivity index (χ1v) is 7.68. The minimum atomic E-state index is -0.489. The van der Waals surface area contributed by atoms with E-state index in [1.54, 1.807) is 12.1 Å². The molecule has 1 unspecified atom stereocenters. The molecule has 21 heavy (non-hydrogen) atoms. The van der Waals surface area contributed by atoms with Crippen molar-refractivity contribution in [2.45, 2.75) is 31.7 Å². The van der Waals surface area contributed by atoms with Crippen LogP contribution in [0.15, 0.2) is 12.1 Å². The van der Waals surface area contributed by atoms with Gasteiger partial charge in [0.2, 0.25) is 5.91 Å². The summed E-state index contributed by atoms with van der Waals surface area (Å²) in [6.45, 7) is 3.90. The van der Waals surface area contributed by atoms with Gasteiger partial charge in [-0.3, -0.25) is 4.79 Å². The largest absolute Gasteiger partial charge is 0.486 e. The third kappa shape index (κ3) is 2.68. The van der Waals surface area contributed by atoms with Crippen LogP contribution in [0.5, 0.6) is 11.5 Å². The highest BCUT2D eigenvalue weighted by molar-refractivity contribution is 6.34. The summed E-state index contributed by atoms with van der Waals surface area (Å²) in [5.41, 5.74) is 0.0730. The minimum absolute atomic E-state index is 0.0407. The zero-order valence-corrected chi connectivity index (χ0v) is 12.8. The molecule has 0 aliphatic carbocycles. The third-order valence-electron chi connectivity index (χ3n) is 4.16. The van der Waals surface area contributed by atoms with Crippen molar-refractivity contribution in [3.63, 3.8) is 0 Å². The first-order chi connectivity index (χ1) is 10.1. The van der Waals surface area contributed by atoms with Crippen LogP contribution in [-0.2, 0) is 4.79 Å². The van der Waals surface area contributed by atoms with Gasteiger partial charge in [-0.25, -0.2) is 0 Å². The molecule has 0 radical (unpaired) electrons. The van der Waals surface area contributed by atoms with Gasteiger partial charge >= 0.3 is 0 Å². The Hall–Kier alpha value is -1.46. The Morgan fingerprint density at radius 3 is 2.71 bits per heavy atom. The van der Waals surface area contributed by atoms with E-state index in [0.29, 0.717) is 35.4 Å². The van der Waals surface area contributed by atoms with E-state index in [1.165, 1.54) is 0 Å². The van der Waals surface area contributed by atoms with Gasteiger partial charge in [-0.15, -0.1) is 0 Å². The molecule has 6 heteroatoms. The van der Waals surface area contributed by atoms with Gasteiger partial charge < -0.3 is 20.1 Å². The maximum Gasteiger partial charge on any atom is 0.244 e. The first-order valence-electron chi connectivity index (χ1n) is 7.30. The van der Waals surface area contributed by atoms with Crippen molar-refractivity contribution in [1.29, 1.82) is 0 Å². The lowest BCUT2D eigenvalue weighted by molar-refractivity contribution is -0.122. The third-order valence-corrected chi connectivity index (χ3v) is 4.47. The van der Waals surface area contributed by atoms with Crippen LogP contribution in [0.25, 0.3) is 0 Å². The van der Waals surface area contributed by atoms with Crippen LogP contribution in [-0.4, -0.2) is 31.2 Å². The second-order valence-corrected chi connectivity index (χ2v) is 5.80. The molecular formula is C15H19ClN2O3. The van der Waals surface area contributed by atoms with Crippen LogP contribution in [0.3, 0.4) is 0 Å². The number of fused-ring (bicyclic) bond motifs is 1. The molecule has 3 rings (SSSR count). The second-order valence-electron chi connectivity index (χ2n) is 5.40. The number of anilines is 1. The molecule has 0 aromatic heterocycles. The molecule has 1 atom stereocenters. The number of nitrogens with one attached hydrogen (secondary N) is 2. The van der Waals surface area contributed by atoms with E-state index >= 15 is 0 Å². The molecule has 2 aliphatic heterocycles. The monoisotopic (exact) mass is 310 g/mol. The van der Waals surface area contributed by atoms with Crippen LogP contribution >= 0.6 is 11.6 Å². The summed E-state index contributed by atoms with van der Waals surface area (Å²) in [5.74, 6) is 1.19. The molecule has 114 valence electrons. The van der Waals surface area contributed by atoms with E-state index in [2.05, 4.69) is 10.6 Å². The summed E-state index contributed by atoms with van der Waals surface area (Å²) in [6.07, 6.45) is 2.61. The summed E-state index contributed by atoms with van der Waals surface area (Å²) in [4.78, 5) is 12.6. The molecule has 1 aromatic carbocycles. The lowest BCUT2D eigenvalue weighted by Crippen LogP contribution is -2.50. The highest BCUT2D eigenvalue weighted by Crippen LogP contribution is 2.38. The number of hydrogen-bond donors (Lipinski definition) is 2. The molecule has 2 aliphatic rings. The van der Waals surface area contributed by atoms with Gasteiger partial charge in [0.05, 0.1) is 16.2 Å². The Labute approximate surface area is 128 Å². The van der Waals surface area contributed by atoms with Crippen molar-refractivity contribution in [3.05, 3.63) is 17.2 Å². The fraction of sp³-hybridized carbons (Fsp3) is 0.533. The van der Waals surface area contributed by atoms with Crippen LogP contribution in [0.1, 0.15) is 26.2 Å². The lowest BCUT2D eigenvalue weighted by Gasteiger charge is -2.27. The Balaban J connectivity index is 1.82. The molecule has 2 heterocycles. The summed E-state index contributed by atoms with van der Waals surface area (Å²) < 4.78 is 11.0. The number of benzene rings is 1. The SMILES string of the molecule is CCC1(C(=O)Nc2cc3c(cc2Cl)OCCO3)CCCN1. The molecule has 1 fully saturated rings. The summed E-state index contributed by atoms with van der Waals surface area (Å²) in [5, 5.41) is 6.69. The standard InChI is InChI=1S/C15H19ClN2O3/c1-2-15(4-3-5-17-15)14(19)18-11-9-13-12(8-10(11)16)20-6-7-21-13/h8-9,17H,2-7H2,1H3,(H,18,19). The van der Waals surface area contributed by atoms with E-state index in [9.17, 15) is 4.79 Å². The van der Waals surface area contributed by atoms with Gasteiger partial charge in [0.25, 0.3) is 0 Å². The van der Waals surface area contributed by atoms with Crippen LogP contribution in [0, 0.1) is 0 Å². The van der Waals surface area contributed by atoms with Gasteiger partial charge in [-0.05, 0) is 25.8 Å². The quantitative estimate of drug-likeness (QED) is 0.901. The molecule has 1 aromatic rings. The predicted octanol–water partition coefficient (Wildman–Crippen LogP) is 2.58. The smallest absolute Gasteiger partial charge is 0.244 e. The molecule has 0 saturated carbocycles. The maximum atomic E-state index is 12.6. The van der Waals surface area contributed by atoms with Crippen molar-refractivity contribution >= 4 is 23.2 Å². The Morgan fingerprint density at radius 2 is 2.10 bits per heavy atom.